The molecule has 1 fully saturated rings. The van der Waals surface area contributed by atoms with Gasteiger partial charge in [0.25, 0.3) is 15.9 Å². The number of nitrogens with zero attached hydrogens (tertiary/aromatic N) is 1. The van der Waals surface area contributed by atoms with Gasteiger partial charge in [-0.1, -0.05) is 24.3 Å². The lowest BCUT2D eigenvalue weighted by atomic mass is 10.1. The molecule has 0 spiro atoms. The highest BCUT2D eigenvalue weighted by molar-refractivity contribution is 7.92. The second-order valence-corrected chi connectivity index (χ2v) is 11.6. The van der Waals surface area contributed by atoms with Gasteiger partial charge in [-0.3, -0.25) is 9.52 Å². The lowest BCUT2D eigenvalue weighted by molar-refractivity contribution is 0.0730. The number of rotatable bonds is 7. The van der Waals surface area contributed by atoms with Crippen molar-refractivity contribution in [1.29, 1.82) is 0 Å². The van der Waals surface area contributed by atoms with E-state index in [4.69, 9.17) is 4.74 Å². The minimum atomic E-state index is -3.82. The van der Waals surface area contributed by atoms with Gasteiger partial charge in [0.1, 0.15) is 0 Å². The van der Waals surface area contributed by atoms with Crippen LogP contribution in [0.1, 0.15) is 15.9 Å². The molecule has 1 heterocycles. The molecule has 1 aliphatic rings. The molecule has 0 bridgehead atoms. The predicted molar refractivity (Wildman–Crippen MR) is 132 cm³/mol. The number of nitrogens with one attached hydrogen (secondary N) is 2. The molecule has 0 aliphatic carbocycles. The highest BCUT2D eigenvalue weighted by atomic mass is 32.2. The van der Waals surface area contributed by atoms with Gasteiger partial charge in [-0.25, -0.2) is 16.8 Å². The Hall–Kier alpha value is -3.25. The summed E-state index contributed by atoms with van der Waals surface area (Å²) in [5.74, 6) is -0.464. The minimum Gasteiger partial charge on any atom is -0.379 e. The average molecular weight is 516 g/mol. The number of hydrogen-bond donors (Lipinski definition) is 2. The summed E-state index contributed by atoms with van der Waals surface area (Å²) >= 11 is 0. The van der Waals surface area contributed by atoms with Crippen molar-refractivity contribution >= 4 is 37.3 Å². The van der Waals surface area contributed by atoms with Crippen LogP contribution in [0.3, 0.4) is 0 Å². The highest BCUT2D eigenvalue weighted by Crippen LogP contribution is 2.23. The molecule has 0 atom stereocenters. The molecule has 0 saturated carbocycles. The minimum absolute atomic E-state index is 0.112. The summed E-state index contributed by atoms with van der Waals surface area (Å²) in [6, 6.07) is 18.5. The number of hydrogen-bond acceptors (Lipinski definition) is 6. The first-order chi connectivity index (χ1) is 16.7. The molecule has 11 heteroatoms. The van der Waals surface area contributed by atoms with E-state index in [2.05, 4.69) is 10.0 Å². The Bertz CT molecular complexity index is 1420. The summed E-state index contributed by atoms with van der Waals surface area (Å²) in [5, 5.41) is 2.71. The summed E-state index contributed by atoms with van der Waals surface area (Å²) in [7, 11) is -7.45. The molecule has 184 valence electrons. The molecule has 0 aromatic heterocycles. The maximum absolute atomic E-state index is 12.8. The van der Waals surface area contributed by atoms with Gasteiger partial charge in [0, 0.05) is 24.3 Å². The van der Waals surface area contributed by atoms with Gasteiger partial charge in [0.15, 0.2) is 0 Å². The van der Waals surface area contributed by atoms with Crippen molar-refractivity contribution < 1.29 is 26.4 Å². The predicted octanol–water partition coefficient (Wildman–Crippen LogP) is 3.07. The summed E-state index contributed by atoms with van der Waals surface area (Å²) < 4.78 is 60.0. The monoisotopic (exact) mass is 515 g/mol. The number of carbonyl (C=O) groups excluding carboxylic acids is 1. The molecule has 4 rings (SSSR count). The molecule has 2 N–H and O–H groups in total. The van der Waals surface area contributed by atoms with Crippen LogP contribution in [0.2, 0.25) is 0 Å². The Kier molecular flexibility index (Phi) is 7.22. The van der Waals surface area contributed by atoms with E-state index in [0.717, 1.165) is 0 Å². The zero-order valence-electron chi connectivity index (χ0n) is 19.0. The van der Waals surface area contributed by atoms with E-state index in [1.807, 2.05) is 0 Å². The van der Waals surface area contributed by atoms with E-state index in [9.17, 15) is 21.6 Å². The number of sulfonamides is 2. The van der Waals surface area contributed by atoms with Gasteiger partial charge in [0.05, 0.1) is 28.7 Å². The molecule has 0 unspecified atom stereocenters. The van der Waals surface area contributed by atoms with Crippen molar-refractivity contribution in [3.05, 3.63) is 83.9 Å². The Morgan fingerprint density at radius 2 is 1.51 bits per heavy atom. The second kappa shape index (κ2) is 10.2. The highest BCUT2D eigenvalue weighted by Gasteiger charge is 2.26. The lowest BCUT2D eigenvalue weighted by Crippen LogP contribution is -2.40. The largest absolute Gasteiger partial charge is 0.379 e. The van der Waals surface area contributed by atoms with Crippen LogP contribution in [0.25, 0.3) is 0 Å². The van der Waals surface area contributed by atoms with E-state index >= 15 is 0 Å². The van der Waals surface area contributed by atoms with Gasteiger partial charge < -0.3 is 10.1 Å². The van der Waals surface area contributed by atoms with Crippen molar-refractivity contribution in [2.24, 2.45) is 0 Å². The number of morpholine rings is 1. The fraction of sp³-hybridized carbons (Fsp3) is 0.208. The number of anilines is 2. The molecule has 0 radical (unpaired) electrons. The van der Waals surface area contributed by atoms with Gasteiger partial charge in [-0.05, 0) is 61.0 Å². The van der Waals surface area contributed by atoms with Gasteiger partial charge in [-0.2, -0.15) is 4.31 Å². The van der Waals surface area contributed by atoms with E-state index in [1.165, 1.54) is 46.8 Å². The normalized spacial score (nSPS) is 14.9. The van der Waals surface area contributed by atoms with Crippen LogP contribution >= 0.6 is 0 Å². The molecule has 1 aliphatic heterocycles. The van der Waals surface area contributed by atoms with E-state index in [0.29, 0.717) is 37.6 Å². The molecule has 3 aromatic carbocycles. The third-order valence-corrected chi connectivity index (χ3v) is 8.81. The summed E-state index contributed by atoms with van der Waals surface area (Å²) in [5.41, 5.74) is 1.58. The van der Waals surface area contributed by atoms with Crippen LogP contribution in [0.4, 0.5) is 11.4 Å². The number of aryl methyl sites for hydroxylation is 1. The topological polar surface area (TPSA) is 122 Å². The number of benzene rings is 3. The number of carbonyl (C=O) groups is 1. The molecule has 35 heavy (non-hydrogen) atoms. The zero-order chi connectivity index (χ0) is 25.1. The van der Waals surface area contributed by atoms with Crippen LogP contribution in [0.5, 0.6) is 0 Å². The van der Waals surface area contributed by atoms with Crippen molar-refractivity contribution in [3.8, 4) is 0 Å². The third kappa shape index (κ3) is 5.70. The third-order valence-electron chi connectivity index (χ3n) is 5.52. The first-order valence-electron chi connectivity index (χ1n) is 10.8. The smallest absolute Gasteiger partial charge is 0.261 e. The van der Waals surface area contributed by atoms with Crippen molar-refractivity contribution in [1.82, 2.24) is 4.31 Å². The summed E-state index contributed by atoms with van der Waals surface area (Å²) in [4.78, 5) is 13.1. The molecule has 1 amide bonds. The average Bonchev–Trinajstić information content (AvgIpc) is 2.86. The van der Waals surface area contributed by atoms with E-state index in [-0.39, 0.29) is 21.0 Å². The van der Waals surface area contributed by atoms with E-state index in [1.54, 1.807) is 37.3 Å². The van der Waals surface area contributed by atoms with Gasteiger partial charge in [-0.15, -0.1) is 0 Å². The summed E-state index contributed by atoms with van der Waals surface area (Å²) in [6.07, 6.45) is 0. The van der Waals surface area contributed by atoms with Gasteiger partial charge in [0.2, 0.25) is 10.0 Å². The number of ether oxygens (including phenoxy) is 1. The Morgan fingerprint density at radius 3 is 2.17 bits per heavy atom. The van der Waals surface area contributed by atoms with Crippen LogP contribution in [-0.2, 0) is 24.8 Å². The Balaban J connectivity index is 1.48. The van der Waals surface area contributed by atoms with E-state index < -0.39 is 26.0 Å². The zero-order valence-corrected chi connectivity index (χ0v) is 20.6. The Labute approximate surface area is 204 Å². The molecule has 3 aromatic rings. The second-order valence-electron chi connectivity index (χ2n) is 7.94. The lowest BCUT2D eigenvalue weighted by Gasteiger charge is -2.26. The Morgan fingerprint density at radius 1 is 0.857 bits per heavy atom. The van der Waals surface area contributed by atoms with Crippen molar-refractivity contribution in [3.63, 3.8) is 0 Å². The molecular formula is C24H25N3O6S2. The fourth-order valence-corrected chi connectivity index (χ4v) is 6.08. The molecule has 1 saturated heterocycles. The van der Waals surface area contributed by atoms with Crippen LogP contribution in [0, 0.1) is 6.92 Å². The van der Waals surface area contributed by atoms with Crippen molar-refractivity contribution in [2.45, 2.75) is 16.7 Å². The fourth-order valence-electron chi connectivity index (χ4n) is 3.53. The SMILES string of the molecule is Cc1ccc(C(=O)Nc2ccc(S(=O)(=O)N3CCOCC3)cc2)cc1NS(=O)(=O)c1ccccc1. The van der Waals surface area contributed by atoms with Gasteiger partial charge >= 0.3 is 0 Å². The standard InChI is InChI=1S/C24H25N3O6S2/c1-18-7-8-19(17-23(18)26-34(29,30)21-5-3-2-4-6-21)24(28)25-20-9-11-22(12-10-20)35(31,32)27-13-15-33-16-14-27/h2-12,17,26H,13-16H2,1H3,(H,25,28). The van der Waals surface area contributed by atoms with Crippen LogP contribution in [0.15, 0.2) is 82.6 Å². The van der Waals surface area contributed by atoms with Crippen LogP contribution in [-0.4, -0.2) is 53.4 Å². The maximum Gasteiger partial charge on any atom is 0.261 e. The molecular weight excluding hydrogens is 490 g/mol. The van der Waals surface area contributed by atoms with Crippen molar-refractivity contribution in [2.75, 3.05) is 36.3 Å². The number of amides is 1. The first kappa shape index (κ1) is 24.9. The molecule has 9 nitrogen and oxygen atoms in total. The summed E-state index contributed by atoms with van der Waals surface area (Å²) in [6.45, 7) is 3.04. The maximum atomic E-state index is 12.8. The first-order valence-corrected chi connectivity index (χ1v) is 13.8. The quantitative estimate of drug-likeness (QED) is 0.499. The van der Waals surface area contributed by atoms with Crippen LogP contribution < -0.4 is 10.0 Å².